The van der Waals surface area contributed by atoms with Crippen LogP contribution in [0, 0.1) is 0 Å². The zero-order valence-electron chi connectivity index (χ0n) is 14.8. The van der Waals surface area contributed by atoms with Crippen molar-refractivity contribution in [3.8, 4) is 23.0 Å². The lowest BCUT2D eigenvalue weighted by Crippen LogP contribution is -2.18. The normalized spacial score (nSPS) is 13.1. The van der Waals surface area contributed by atoms with Crippen LogP contribution in [0.4, 0.5) is 14.5 Å². The Kier molecular flexibility index (Phi) is 5.64. The van der Waals surface area contributed by atoms with Crippen LogP contribution in [0.3, 0.4) is 0 Å². The molecule has 12 heteroatoms. The number of rotatable bonds is 7. The molecule has 1 aliphatic rings. The second-order valence-corrected chi connectivity index (χ2v) is 7.33. The van der Waals surface area contributed by atoms with E-state index in [1.807, 2.05) is 0 Å². The molecule has 0 bridgehead atoms. The molecule has 3 rings (SSSR count). The van der Waals surface area contributed by atoms with Gasteiger partial charge in [-0.1, -0.05) is 0 Å². The second kappa shape index (κ2) is 7.99. The number of anilines is 1. The van der Waals surface area contributed by atoms with Crippen LogP contribution in [-0.4, -0.2) is 46.4 Å². The van der Waals surface area contributed by atoms with Gasteiger partial charge in [-0.3, -0.25) is 4.72 Å². The van der Waals surface area contributed by atoms with Crippen LogP contribution in [0.15, 0.2) is 35.2 Å². The van der Waals surface area contributed by atoms with E-state index >= 15 is 0 Å². The number of alkyl halides is 2. The Hall–Kier alpha value is -3.28. The van der Waals surface area contributed by atoms with Crippen molar-refractivity contribution >= 4 is 21.7 Å². The largest absolute Gasteiger partial charge is 0.493 e. The predicted molar refractivity (Wildman–Crippen MR) is 94.8 cm³/mol. The number of halogens is 2. The number of carboxylic acids is 1. The molecule has 0 spiro atoms. The number of hydrogen-bond acceptors (Lipinski definition) is 7. The summed E-state index contributed by atoms with van der Waals surface area (Å²) in [7, 11) is -3.12. The van der Waals surface area contributed by atoms with Gasteiger partial charge in [0.05, 0.1) is 23.3 Å². The highest BCUT2D eigenvalue weighted by Gasteiger charge is 2.24. The highest BCUT2D eigenvalue weighted by molar-refractivity contribution is 7.92. The monoisotopic (exact) mass is 431 g/mol. The maximum atomic E-state index is 12.7. The fourth-order valence-electron chi connectivity index (χ4n) is 2.56. The Balaban J connectivity index is 2.00. The quantitative estimate of drug-likeness (QED) is 0.686. The van der Waals surface area contributed by atoms with E-state index in [1.54, 1.807) is 0 Å². The molecule has 2 N–H and O–H groups in total. The maximum absolute atomic E-state index is 12.7. The summed E-state index contributed by atoms with van der Waals surface area (Å²) in [6.45, 7) is -2.66. The highest BCUT2D eigenvalue weighted by atomic mass is 32.2. The van der Waals surface area contributed by atoms with E-state index in [9.17, 15) is 27.1 Å². The minimum absolute atomic E-state index is 0.218. The van der Waals surface area contributed by atoms with Crippen LogP contribution in [0.1, 0.15) is 10.4 Å². The van der Waals surface area contributed by atoms with Gasteiger partial charge in [0.2, 0.25) is 0 Å². The molecule has 2 aromatic rings. The first kappa shape index (κ1) is 20.5. The maximum Gasteiger partial charge on any atom is 0.387 e. The van der Waals surface area contributed by atoms with E-state index < -0.39 is 39.6 Å². The van der Waals surface area contributed by atoms with E-state index in [0.29, 0.717) is 12.4 Å². The summed E-state index contributed by atoms with van der Waals surface area (Å²) in [5.74, 6) is -1.81. The number of aromatic carboxylic acids is 1. The van der Waals surface area contributed by atoms with Crippen molar-refractivity contribution in [1.82, 2.24) is 0 Å². The Morgan fingerprint density at radius 2 is 1.83 bits per heavy atom. The summed E-state index contributed by atoms with van der Waals surface area (Å²) >= 11 is 0. The number of fused-ring (bicyclic) bond motifs is 1. The average Bonchev–Trinajstić information content (AvgIpc) is 2.67. The summed E-state index contributed by atoms with van der Waals surface area (Å²) in [5, 5.41) is 9.36. The van der Waals surface area contributed by atoms with Gasteiger partial charge >= 0.3 is 12.6 Å². The van der Waals surface area contributed by atoms with Crippen molar-refractivity contribution in [3.63, 3.8) is 0 Å². The number of ether oxygens (including phenoxy) is 4. The van der Waals surface area contributed by atoms with Crippen molar-refractivity contribution in [2.45, 2.75) is 11.5 Å². The average molecular weight is 431 g/mol. The molecule has 9 nitrogen and oxygen atoms in total. The number of nitrogens with one attached hydrogen (secondary N) is 1. The summed E-state index contributed by atoms with van der Waals surface area (Å²) in [5.41, 5.74) is -1.01. The second-order valence-electron chi connectivity index (χ2n) is 5.64. The smallest absolute Gasteiger partial charge is 0.387 e. The first-order valence-corrected chi connectivity index (χ1v) is 9.52. The van der Waals surface area contributed by atoms with Crippen molar-refractivity contribution < 1.29 is 46.0 Å². The lowest BCUT2D eigenvalue weighted by atomic mass is 10.1. The zero-order valence-corrected chi connectivity index (χ0v) is 15.7. The van der Waals surface area contributed by atoms with Gasteiger partial charge in [-0.05, 0) is 12.1 Å². The highest BCUT2D eigenvalue weighted by Crippen LogP contribution is 2.37. The number of carboxylic acid groups (broad SMARTS) is 1. The van der Waals surface area contributed by atoms with E-state index in [-0.39, 0.29) is 23.0 Å². The summed E-state index contributed by atoms with van der Waals surface area (Å²) in [6, 6.07) is 5.57. The van der Waals surface area contributed by atoms with Gasteiger partial charge in [-0.2, -0.15) is 8.78 Å². The molecule has 0 amide bonds. The van der Waals surface area contributed by atoms with Crippen molar-refractivity contribution in [2.75, 3.05) is 25.0 Å². The van der Waals surface area contributed by atoms with Crippen molar-refractivity contribution in [3.05, 3.63) is 35.9 Å². The molecule has 0 unspecified atom stereocenters. The molecular formula is C17H15F2NO8S. The van der Waals surface area contributed by atoms with Crippen LogP contribution in [0.25, 0.3) is 0 Å². The van der Waals surface area contributed by atoms with Crippen molar-refractivity contribution in [1.29, 1.82) is 0 Å². The third-order valence-corrected chi connectivity index (χ3v) is 5.18. The molecule has 0 saturated carbocycles. The molecule has 2 aromatic carbocycles. The van der Waals surface area contributed by atoms with Crippen LogP contribution in [0.2, 0.25) is 0 Å². The van der Waals surface area contributed by atoms with Gasteiger partial charge in [-0.15, -0.1) is 0 Å². The van der Waals surface area contributed by atoms with Crippen LogP contribution in [0.5, 0.6) is 23.0 Å². The molecule has 1 aliphatic heterocycles. The molecule has 29 heavy (non-hydrogen) atoms. The number of hydrogen-bond donors (Lipinski definition) is 2. The van der Waals surface area contributed by atoms with Crippen LogP contribution < -0.4 is 23.7 Å². The first-order chi connectivity index (χ1) is 13.7. The molecule has 0 atom stereocenters. The molecule has 0 radical (unpaired) electrons. The minimum atomic E-state index is -4.26. The fraction of sp³-hybridized carbons (Fsp3) is 0.235. The van der Waals surface area contributed by atoms with E-state index in [4.69, 9.17) is 14.2 Å². The van der Waals surface area contributed by atoms with Gasteiger partial charge in [0.15, 0.2) is 23.0 Å². The van der Waals surface area contributed by atoms with E-state index in [0.717, 1.165) is 19.2 Å². The number of methoxy groups -OCH3 is 1. The lowest BCUT2D eigenvalue weighted by Gasteiger charge is -2.19. The Bertz CT molecular complexity index is 1040. The lowest BCUT2D eigenvalue weighted by molar-refractivity contribution is -0.0512. The molecule has 0 aliphatic carbocycles. The van der Waals surface area contributed by atoms with Gasteiger partial charge in [0, 0.05) is 18.2 Å². The zero-order chi connectivity index (χ0) is 21.2. The Morgan fingerprint density at radius 3 is 2.45 bits per heavy atom. The summed E-state index contributed by atoms with van der Waals surface area (Å²) < 4.78 is 72.5. The number of carbonyl (C=O) groups is 1. The van der Waals surface area contributed by atoms with E-state index in [2.05, 4.69) is 9.46 Å². The van der Waals surface area contributed by atoms with Gasteiger partial charge in [-0.25, -0.2) is 13.2 Å². The SMILES string of the molecule is COc1cc(NS(=O)(=O)c2ccc3c(c2)OCCO3)c(C(=O)O)cc1OC(F)F. The fourth-order valence-corrected chi connectivity index (χ4v) is 3.65. The number of sulfonamides is 1. The molecule has 156 valence electrons. The summed E-state index contributed by atoms with van der Waals surface area (Å²) in [4.78, 5) is 11.3. The Morgan fingerprint density at radius 1 is 1.14 bits per heavy atom. The van der Waals surface area contributed by atoms with Gasteiger partial charge in [0.25, 0.3) is 10.0 Å². The number of benzene rings is 2. The molecule has 0 aromatic heterocycles. The van der Waals surface area contributed by atoms with E-state index in [1.165, 1.54) is 18.2 Å². The third-order valence-electron chi connectivity index (χ3n) is 3.82. The summed E-state index contributed by atoms with van der Waals surface area (Å²) in [6.07, 6.45) is 0. The van der Waals surface area contributed by atoms with Gasteiger partial charge < -0.3 is 24.1 Å². The predicted octanol–water partition coefficient (Wildman–Crippen LogP) is 2.57. The molecule has 0 saturated heterocycles. The first-order valence-electron chi connectivity index (χ1n) is 8.04. The molecule has 1 heterocycles. The Labute approximate surface area is 163 Å². The molecule has 0 fully saturated rings. The third kappa shape index (κ3) is 4.42. The minimum Gasteiger partial charge on any atom is -0.493 e. The van der Waals surface area contributed by atoms with Crippen molar-refractivity contribution in [2.24, 2.45) is 0 Å². The van der Waals surface area contributed by atoms with Gasteiger partial charge in [0.1, 0.15) is 13.2 Å². The topological polar surface area (TPSA) is 120 Å². The standard InChI is InChI=1S/C17H15F2NO8S/c1-25-13-8-11(10(16(21)22)7-15(13)28-17(18)19)20-29(23,24)9-2-3-12-14(6-9)27-5-4-26-12/h2-3,6-8,17,20H,4-5H2,1H3,(H,21,22). The van der Waals surface area contributed by atoms with Crippen LogP contribution >= 0.6 is 0 Å². The van der Waals surface area contributed by atoms with Crippen LogP contribution in [-0.2, 0) is 10.0 Å². The molecular weight excluding hydrogens is 416 g/mol.